The van der Waals surface area contributed by atoms with Gasteiger partial charge in [-0.2, -0.15) is 0 Å². The van der Waals surface area contributed by atoms with Crippen molar-refractivity contribution >= 4 is 50.7 Å². The van der Waals surface area contributed by atoms with Crippen LogP contribution in [0.15, 0.2) is 72.8 Å². The van der Waals surface area contributed by atoms with Crippen molar-refractivity contribution in [2.24, 2.45) is 0 Å². The van der Waals surface area contributed by atoms with E-state index in [0.717, 1.165) is 16.1 Å². The van der Waals surface area contributed by atoms with Crippen LogP contribution in [0.5, 0.6) is 0 Å². The Morgan fingerprint density at radius 2 is 1.62 bits per heavy atom. The third kappa shape index (κ3) is 7.67. The second kappa shape index (κ2) is 12.4. The number of sulfonamides is 1. The molecule has 0 spiro atoms. The molecule has 3 aromatic rings. The average Bonchev–Trinajstić information content (AvgIpc) is 2.86. The van der Waals surface area contributed by atoms with E-state index < -0.39 is 40.2 Å². The molecule has 2 amide bonds. The van der Waals surface area contributed by atoms with Crippen LogP contribution in [0.4, 0.5) is 10.1 Å². The molecule has 0 saturated carbocycles. The molecule has 0 radical (unpaired) electrons. The Morgan fingerprint density at radius 1 is 0.973 bits per heavy atom. The van der Waals surface area contributed by atoms with Gasteiger partial charge in [-0.05, 0) is 41.5 Å². The van der Waals surface area contributed by atoms with Crippen molar-refractivity contribution in [2.45, 2.75) is 19.0 Å². The molecule has 0 aliphatic carbocycles. The molecule has 1 unspecified atom stereocenters. The highest BCUT2D eigenvalue weighted by atomic mass is 35.5. The zero-order valence-corrected chi connectivity index (χ0v) is 22.5. The smallest absolute Gasteiger partial charge is 0.244 e. The van der Waals surface area contributed by atoms with Gasteiger partial charge in [0.05, 0.1) is 17.0 Å². The van der Waals surface area contributed by atoms with E-state index in [1.165, 1.54) is 54.4 Å². The highest BCUT2D eigenvalue weighted by Gasteiger charge is 2.33. The first-order valence-electron chi connectivity index (χ1n) is 11.2. The molecule has 0 aromatic heterocycles. The summed E-state index contributed by atoms with van der Waals surface area (Å²) >= 11 is 12.3. The lowest BCUT2D eigenvalue weighted by molar-refractivity contribution is -0.139. The van der Waals surface area contributed by atoms with Gasteiger partial charge in [0.2, 0.25) is 21.8 Å². The van der Waals surface area contributed by atoms with E-state index >= 15 is 0 Å². The Morgan fingerprint density at radius 3 is 2.22 bits per heavy atom. The molecule has 3 aromatic carbocycles. The summed E-state index contributed by atoms with van der Waals surface area (Å²) in [6, 6.07) is 17.9. The van der Waals surface area contributed by atoms with Crippen molar-refractivity contribution in [3.63, 3.8) is 0 Å². The lowest BCUT2D eigenvalue weighted by atomic mass is 10.0. The van der Waals surface area contributed by atoms with Gasteiger partial charge in [0.15, 0.2) is 0 Å². The molecule has 7 nitrogen and oxygen atoms in total. The monoisotopic (exact) mass is 565 g/mol. The molecule has 0 fully saturated rings. The van der Waals surface area contributed by atoms with Crippen molar-refractivity contribution in [3.05, 3.63) is 99.8 Å². The Hall–Kier alpha value is -3.14. The van der Waals surface area contributed by atoms with Crippen molar-refractivity contribution in [1.29, 1.82) is 0 Å². The summed E-state index contributed by atoms with van der Waals surface area (Å²) < 4.78 is 39.8. The second-order valence-electron chi connectivity index (χ2n) is 8.33. The van der Waals surface area contributed by atoms with E-state index in [2.05, 4.69) is 5.32 Å². The van der Waals surface area contributed by atoms with Crippen LogP contribution in [-0.4, -0.2) is 51.0 Å². The zero-order valence-electron chi connectivity index (χ0n) is 20.2. The number of amides is 2. The van der Waals surface area contributed by atoms with E-state index in [0.29, 0.717) is 5.56 Å². The second-order valence-corrected chi connectivity index (χ2v) is 11.1. The van der Waals surface area contributed by atoms with Crippen molar-refractivity contribution in [1.82, 2.24) is 10.2 Å². The number of anilines is 1. The highest BCUT2D eigenvalue weighted by Crippen LogP contribution is 2.31. The van der Waals surface area contributed by atoms with Gasteiger partial charge in [-0.15, -0.1) is 0 Å². The fourth-order valence-corrected chi connectivity index (χ4v) is 5.07. The quantitative estimate of drug-likeness (QED) is 0.397. The van der Waals surface area contributed by atoms with Crippen LogP contribution in [-0.2, 0) is 32.6 Å². The van der Waals surface area contributed by atoms with E-state index in [-0.39, 0.29) is 28.7 Å². The minimum atomic E-state index is -3.98. The van der Waals surface area contributed by atoms with Crippen molar-refractivity contribution < 1.29 is 22.4 Å². The number of hydrogen-bond donors (Lipinski definition) is 1. The van der Waals surface area contributed by atoms with Crippen LogP contribution in [0, 0.1) is 5.82 Å². The standard InChI is InChI=1S/C26H26Cl2FN3O4S/c1-30-26(34)24(14-18-6-4-3-5-7-18)31(16-19-8-11-21(29)12-9-19)25(33)17-32(37(2,35)36)23-15-20(27)10-13-22(23)28/h3-13,15,24H,14,16-17H2,1-2H3,(H,30,34). The third-order valence-corrected chi connectivity index (χ3v) is 7.32. The van der Waals surface area contributed by atoms with E-state index in [4.69, 9.17) is 23.2 Å². The molecule has 0 saturated heterocycles. The van der Waals surface area contributed by atoms with Crippen LogP contribution >= 0.6 is 23.2 Å². The summed E-state index contributed by atoms with van der Waals surface area (Å²) in [5, 5.41) is 2.90. The van der Waals surface area contributed by atoms with Crippen LogP contribution in [0.2, 0.25) is 10.0 Å². The zero-order chi connectivity index (χ0) is 27.2. The van der Waals surface area contributed by atoms with E-state index in [1.54, 1.807) is 0 Å². The van der Waals surface area contributed by atoms with Gasteiger partial charge in [-0.3, -0.25) is 13.9 Å². The molecule has 37 heavy (non-hydrogen) atoms. The third-order valence-electron chi connectivity index (χ3n) is 5.64. The number of hydrogen-bond acceptors (Lipinski definition) is 4. The number of rotatable bonds is 10. The van der Waals surface area contributed by atoms with Crippen LogP contribution in [0.1, 0.15) is 11.1 Å². The summed E-state index contributed by atoms with van der Waals surface area (Å²) in [5.74, 6) is -1.55. The van der Waals surface area contributed by atoms with Gasteiger partial charge in [0, 0.05) is 25.0 Å². The van der Waals surface area contributed by atoms with Gasteiger partial charge in [-0.25, -0.2) is 12.8 Å². The summed E-state index contributed by atoms with van der Waals surface area (Å²) in [7, 11) is -2.53. The summed E-state index contributed by atoms with van der Waals surface area (Å²) in [5.41, 5.74) is 1.39. The van der Waals surface area contributed by atoms with E-state index in [9.17, 15) is 22.4 Å². The molecular formula is C26H26Cl2FN3O4S. The molecule has 0 aliphatic heterocycles. The molecule has 1 N–H and O–H groups in total. The number of carbonyl (C=O) groups is 2. The highest BCUT2D eigenvalue weighted by molar-refractivity contribution is 7.92. The fraction of sp³-hybridized carbons (Fsp3) is 0.231. The summed E-state index contributed by atoms with van der Waals surface area (Å²) in [6.45, 7) is -0.701. The topological polar surface area (TPSA) is 86.8 Å². The molecule has 11 heteroatoms. The molecule has 0 bridgehead atoms. The Kier molecular flexibility index (Phi) is 9.53. The van der Waals surface area contributed by atoms with E-state index in [1.807, 2.05) is 30.3 Å². The van der Waals surface area contributed by atoms with Crippen LogP contribution in [0.3, 0.4) is 0 Å². The molecule has 3 rings (SSSR count). The van der Waals surface area contributed by atoms with Gasteiger partial charge < -0.3 is 10.2 Å². The van der Waals surface area contributed by atoms with Crippen molar-refractivity contribution in [3.8, 4) is 0 Å². The number of likely N-dealkylation sites (N-methyl/N-ethyl adjacent to an activating group) is 1. The lowest BCUT2D eigenvalue weighted by Crippen LogP contribution is -2.52. The maximum Gasteiger partial charge on any atom is 0.244 e. The lowest BCUT2D eigenvalue weighted by Gasteiger charge is -2.33. The molecular weight excluding hydrogens is 540 g/mol. The van der Waals surface area contributed by atoms with Crippen LogP contribution in [0.25, 0.3) is 0 Å². The Labute approximate surface area is 225 Å². The maximum atomic E-state index is 13.8. The number of nitrogens with one attached hydrogen (secondary N) is 1. The first-order chi connectivity index (χ1) is 17.5. The van der Waals surface area contributed by atoms with Crippen LogP contribution < -0.4 is 9.62 Å². The minimum absolute atomic E-state index is 0.0336. The maximum absolute atomic E-state index is 13.8. The Balaban J connectivity index is 2.04. The largest absolute Gasteiger partial charge is 0.357 e. The number of halogens is 3. The number of benzene rings is 3. The molecule has 196 valence electrons. The van der Waals surface area contributed by atoms with Gasteiger partial charge in [-0.1, -0.05) is 65.7 Å². The summed E-state index contributed by atoms with van der Waals surface area (Å²) in [6.07, 6.45) is 1.12. The predicted octanol–water partition coefficient (Wildman–Crippen LogP) is 4.28. The van der Waals surface area contributed by atoms with Gasteiger partial charge in [0.25, 0.3) is 0 Å². The molecule has 0 heterocycles. The molecule has 0 aliphatic rings. The Bertz CT molecular complexity index is 1360. The van der Waals surface area contributed by atoms with Crippen molar-refractivity contribution in [2.75, 3.05) is 24.2 Å². The molecule has 1 atom stereocenters. The first-order valence-corrected chi connectivity index (χ1v) is 13.8. The fourth-order valence-electron chi connectivity index (χ4n) is 3.78. The SMILES string of the molecule is CNC(=O)C(Cc1ccccc1)N(Cc1ccc(F)cc1)C(=O)CN(c1cc(Cl)ccc1Cl)S(C)(=O)=O. The average molecular weight is 566 g/mol. The normalized spacial score (nSPS) is 12.0. The number of nitrogens with zero attached hydrogens (tertiary/aromatic N) is 2. The minimum Gasteiger partial charge on any atom is -0.357 e. The predicted molar refractivity (Wildman–Crippen MR) is 144 cm³/mol. The summed E-state index contributed by atoms with van der Waals surface area (Å²) in [4.78, 5) is 28.1. The van der Waals surface area contributed by atoms with Gasteiger partial charge >= 0.3 is 0 Å². The first kappa shape index (κ1) is 28.4. The number of carbonyl (C=O) groups excluding carboxylic acids is 2. The van der Waals surface area contributed by atoms with Gasteiger partial charge in [0.1, 0.15) is 18.4 Å².